The molecule has 0 bridgehead atoms. The smallest absolute Gasteiger partial charge is 0.170 e. The van der Waals surface area contributed by atoms with Crippen LogP contribution in [-0.4, -0.2) is 55.8 Å². The van der Waals surface area contributed by atoms with Crippen LogP contribution in [0.1, 0.15) is 6.42 Å². The largest absolute Gasteiger partial charge is 0.396 e. The van der Waals surface area contributed by atoms with Gasteiger partial charge in [0.15, 0.2) is 6.29 Å². The van der Waals surface area contributed by atoms with Crippen LogP contribution in [0.25, 0.3) is 0 Å². The summed E-state index contributed by atoms with van der Waals surface area (Å²) in [6, 6.07) is 0. The SMILES string of the molecule is OCC1CN(CC2OCCCO2)C1. The topological polar surface area (TPSA) is 41.9 Å². The maximum atomic E-state index is 8.82. The fraction of sp³-hybridized carbons (Fsp3) is 1.00. The highest BCUT2D eigenvalue weighted by molar-refractivity contribution is 4.79. The second-order valence-electron chi connectivity index (χ2n) is 3.79. The number of rotatable bonds is 3. The molecule has 2 fully saturated rings. The Balaban J connectivity index is 1.62. The second-order valence-corrected chi connectivity index (χ2v) is 3.79. The maximum Gasteiger partial charge on any atom is 0.170 e. The lowest BCUT2D eigenvalue weighted by Crippen LogP contribution is -2.52. The molecule has 4 nitrogen and oxygen atoms in total. The first-order valence-electron chi connectivity index (χ1n) is 4.95. The molecule has 0 unspecified atom stereocenters. The summed E-state index contributed by atoms with van der Waals surface area (Å²) in [7, 11) is 0. The fourth-order valence-electron chi connectivity index (χ4n) is 1.79. The highest BCUT2D eigenvalue weighted by Crippen LogP contribution is 2.16. The standard InChI is InChI=1S/C9H17NO3/c11-7-8-4-10(5-8)6-9-12-2-1-3-13-9/h8-9,11H,1-7H2. The average molecular weight is 187 g/mol. The highest BCUT2D eigenvalue weighted by atomic mass is 16.7. The molecule has 0 saturated carbocycles. The van der Waals surface area contributed by atoms with Crippen LogP contribution >= 0.6 is 0 Å². The van der Waals surface area contributed by atoms with Gasteiger partial charge in [0.1, 0.15) is 0 Å². The molecule has 2 heterocycles. The van der Waals surface area contributed by atoms with E-state index in [1.165, 1.54) is 0 Å². The lowest BCUT2D eigenvalue weighted by molar-refractivity contribution is -0.193. The molecule has 0 aliphatic carbocycles. The predicted molar refractivity (Wildman–Crippen MR) is 47.3 cm³/mol. The molecule has 0 aromatic rings. The van der Waals surface area contributed by atoms with Gasteiger partial charge in [0.25, 0.3) is 0 Å². The van der Waals surface area contributed by atoms with Gasteiger partial charge in [-0.25, -0.2) is 0 Å². The van der Waals surface area contributed by atoms with Crippen LogP contribution in [0.15, 0.2) is 0 Å². The lowest BCUT2D eigenvalue weighted by atomic mass is 10.0. The summed E-state index contributed by atoms with van der Waals surface area (Å²) in [5, 5.41) is 8.82. The summed E-state index contributed by atoms with van der Waals surface area (Å²) < 4.78 is 10.9. The van der Waals surface area contributed by atoms with Gasteiger partial charge in [0, 0.05) is 32.2 Å². The summed E-state index contributed by atoms with van der Waals surface area (Å²) in [5.74, 6) is 0.476. The van der Waals surface area contributed by atoms with E-state index in [9.17, 15) is 0 Å². The summed E-state index contributed by atoms with van der Waals surface area (Å²) in [6.45, 7) is 4.78. The number of nitrogens with zero attached hydrogens (tertiary/aromatic N) is 1. The molecule has 0 spiro atoms. The van der Waals surface area contributed by atoms with Gasteiger partial charge in [-0.3, -0.25) is 4.90 Å². The van der Waals surface area contributed by atoms with Crippen LogP contribution in [0.3, 0.4) is 0 Å². The molecule has 0 radical (unpaired) electrons. The van der Waals surface area contributed by atoms with Crippen LogP contribution in [-0.2, 0) is 9.47 Å². The average Bonchev–Trinajstić information content (AvgIpc) is 2.12. The number of aliphatic hydroxyl groups is 1. The molecule has 76 valence electrons. The van der Waals surface area contributed by atoms with Crippen molar-refractivity contribution in [2.24, 2.45) is 5.92 Å². The number of hydrogen-bond donors (Lipinski definition) is 1. The van der Waals surface area contributed by atoms with E-state index < -0.39 is 0 Å². The molecule has 2 rings (SSSR count). The van der Waals surface area contributed by atoms with Crippen molar-refractivity contribution in [3.8, 4) is 0 Å². The van der Waals surface area contributed by atoms with Crippen LogP contribution < -0.4 is 0 Å². The van der Waals surface area contributed by atoms with Gasteiger partial charge in [0.2, 0.25) is 0 Å². The summed E-state index contributed by atoms with van der Waals surface area (Å²) >= 11 is 0. The molecular weight excluding hydrogens is 170 g/mol. The first kappa shape index (κ1) is 9.40. The van der Waals surface area contributed by atoms with E-state index in [-0.39, 0.29) is 6.29 Å². The zero-order valence-electron chi connectivity index (χ0n) is 7.82. The van der Waals surface area contributed by atoms with E-state index in [1.807, 2.05) is 0 Å². The fourth-order valence-corrected chi connectivity index (χ4v) is 1.79. The van der Waals surface area contributed by atoms with Crippen LogP contribution in [0, 0.1) is 5.92 Å². The molecule has 2 aliphatic rings. The van der Waals surface area contributed by atoms with E-state index in [4.69, 9.17) is 14.6 Å². The van der Waals surface area contributed by atoms with Crippen molar-refractivity contribution in [1.29, 1.82) is 0 Å². The van der Waals surface area contributed by atoms with Crippen LogP contribution in [0.2, 0.25) is 0 Å². The Hall–Kier alpha value is -0.160. The van der Waals surface area contributed by atoms with E-state index in [0.29, 0.717) is 12.5 Å². The Morgan fingerprint density at radius 3 is 2.54 bits per heavy atom. The number of hydrogen-bond acceptors (Lipinski definition) is 4. The van der Waals surface area contributed by atoms with Crippen molar-refractivity contribution >= 4 is 0 Å². The Kier molecular flexibility index (Phi) is 3.16. The summed E-state index contributed by atoms with van der Waals surface area (Å²) in [4.78, 5) is 2.26. The molecule has 2 aliphatic heterocycles. The third kappa shape index (κ3) is 2.40. The zero-order valence-corrected chi connectivity index (χ0v) is 7.82. The third-order valence-electron chi connectivity index (χ3n) is 2.59. The molecule has 0 aromatic heterocycles. The van der Waals surface area contributed by atoms with Crippen molar-refractivity contribution in [2.45, 2.75) is 12.7 Å². The monoisotopic (exact) mass is 187 g/mol. The zero-order chi connectivity index (χ0) is 9.10. The summed E-state index contributed by atoms with van der Waals surface area (Å²) in [5.41, 5.74) is 0. The minimum atomic E-state index is -0.0339. The molecule has 13 heavy (non-hydrogen) atoms. The van der Waals surface area contributed by atoms with Crippen molar-refractivity contribution in [1.82, 2.24) is 4.90 Å². The Labute approximate surface area is 78.4 Å². The van der Waals surface area contributed by atoms with E-state index >= 15 is 0 Å². The Bertz CT molecular complexity index is 153. The van der Waals surface area contributed by atoms with Crippen molar-refractivity contribution in [2.75, 3.05) is 39.5 Å². The van der Waals surface area contributed by atoms with Crippen LogP contribution in [0.5, 0.6) is 0 Å². The van der Waals surface area contributed by atoms with Crippen LogP contribution in [0.4, 0.5) is 0 Å². The number of aliphatic hydroxyl groups excluding tert-OH is 1. The third-order valence-corrected chi connectivity index (χ3v) is 2.59. The van der Waals surface area contributed by atoms with E-state index in [1.54, 1.807) is 0 Å². The predicted octanol–water partition coefficient (Wildman–Crippen LogP) is -0.326. The van der Waals surface area contributed by atoms with Gasteiger partial charge < -0.3 is 14.6 Å². The molecular formula is C9H17NO3. The lowest BCUT2D eigenvalue weighted by Gasteiger charge is -2.40. The van der Waals surface area contributed by atoms with Gasteiger partial charge in [-0.05, 0) is 6.42 Å². The van der Waals surface area contributed by atoms with E-state index in [0.717, 1.165) is 39.3 Å². The van der Waals surface area contributed by atoms with Crippen molar-refractivity contribution in [3.63, 3.8) is 0 Å². The number of likely N-dealkylation sites (tertiary alicyclic amines) is 1. The minimum Gasteiger partial charge on any atom is -0.396 e. The molecule has 0 atom stereocenters. The quantitative estimate of drug-likeness (QED) is 0.657. The Morgan fingerprint density at radius 2 is 1.92 bits per heavy atom. The molecule has 1 N–H and O–H groups in total. The Morgan fingerprint density at radius 1 is 1.23 bits per heavy atom. The molecule has 4 heteroatoms. The van der Waals surface area contributed by atoms with Gasteiger partial charge in [-0.1, -0.05) is 0 Å². The molecule has 0 amide bonds. The van der Waals surface area contributed by atoms with Gasteiger partial charge >= 0.3 is 0 Å². The van der Waals surface area contributed by atoms with Crippen molar-refractivity contribution < 1.29 is 14.6 Å². The van der Waals surface area contributed by atoms with Crippen molar-refractivity contribution in [3.05, 3.63) is 0 Å². The van der Waals surface area contributed by atoms with Gasteiger partial charge in [0.05, 0.1) is 13.2 Å². The first-order chi connectivity index (χ1) is 6.38. The van der Waals surface area contributed by atoms with Gasteiger partial charge in [-0.2, -0.15) is 0 Å². The molecule has 0 aromatic carbocycles. The minimum absolute atomic E-state index is 0.0339. The van der Waals surface area contributed by atoms with E-state index in [2.05, 4.69) is 4.90 Å². The van der Waals surface area contributed by atoms with Gasteiger partial charge in [-0.15, -0.1) is 0 Å². The summed E-state index contributed by atoms with van der Waals surface area (Å²) in [6.07, 6.45) is 0.976. The maximum absolute atomic E-state index is 8.82. The number of ether oxygens (including phenoxy) is 2. The second kappa shape index (κ2) is 4.37. The molecule has 2 saturated heterocycles. The first-order valence-corrected chi connectivity index (χ1v) is 4.95. The highest BCUT2D eigenvalue weighted by Gasteiger charge is 2.28. The normalized spacial score (nSPS) is 27.5.